The normalized spacial score (nSPS) is 11.3. The average Bonchev–Trinajstić information content (AvgIpc) is 3.23. The van der Waals surface area contributed by atoms with Crippen LogP contribution in [0.5, 0.6) is 0 Å². The van der Waals surface area contributed by atoms with Crippen LogP contribution in [0.2, 0.25) is 0 Å². The van der Waals surface area contributed by atoms with E-state index < -0.39 is 10.8 Å². The van der Waals surface area contributed by atoms with Crippen molar-refractivity contribution < 1.29 is 9.72 Å². The van der Waals surface area contributed by atoms with Crippen LogP contribution in [0.4, 0.5) is 5.69 Å². The van der Waals surface area contributed by atoms with Crippen molar-refractivity contribution in [3.05, 3.63) is 112 Å². The molecule has 5 rings (SSSR count). The number of nitrogens with zero attached hydrogens (tertiary/aromatic N) is 2. The third-order valence-corrected chi connectivity index (χ3v) is 5.48. The van der Waals surface area contributed by atoms with Crippen LogP contribution in [0, 0.1) is 10.1 Å². The molecule has 7 heteroatoms. The molecule has 0 radical (unpaired) electrons. The molecule has 0 spiro atoms. The van der Waals surface area contributed by atoms with Crippen LogP contribution < -0.4 is 5.43 Å². The number of hydrogen-bond acceptors (Lipinski definition) is 4. The molecule has 0 atom stereocenters. The number of carbonyl (C=O) groups excluding carboxylic acids is 1. The molecule has 0 bridgehead atoms. The maximum absolute atomic E-state index is 13.1. The fourth-order valence-corrected chi connectivity index (χ4v) is 3.95. The Morgan fingerprint density at radius 1 is 0.909 bits per heavy atom. The molecule has 0 saturated heterocycles. The summed E-state index contributed by atoms with van der Waals surface area (Å²) in [7, 11) is 0. The predicted octanol–water partition coefficient (Wildman–Crippen LogP) is 5.66. The van der Waals surface area contributed by atoms with E-state index in [1.54, 1.807) is 12.3 Å². The number of nitro groups is 1. The van der Waals surface area contributed by atoms with E-state index in [0.717, 1.165) is 21.9 Å². The lowest BCUT2D eigenvalue weighted by Gasteiger charge is -2.05. The van der Waals surface area contributed by atoms with Gasteiger partial charge in [-0.25, -0.2) is 5.43 Å². The van der Waals surface area contributed by atoms with E-state index in [9.17, 15) is 14.9 Å². The number of rotatable bonds is 5. The molecule has 0 aliphatic rings. The van der Waals surface area contributed by atoms with E-state index in [2.05, 4.69) is 15.5 Å². The average molecular weight is 434 g/mol. The van der Waals surface area contributed by atoms with E-state index in [4.69, 9.17) is 0 Å². The van der Waals surface area contributed by atoms with Gasteiger partial charge in [0.05, 0.1) is 11.1 Å². The molecule has 160 valence electrons. The van der Waals surface area contributed by atoms with Crippen molar-refractivity contribution in [1.82, 2.24) is 10.4 Å². The van der Waals surface area contributed by atoms with Crippen LogP contribution in [0.15, 0.2) is 96.1 Å². The van der Waals surface area contributed by atoms with Crippen LogP contribution in [-0.4, -0.2) is 22.0 Å². The van der Waals surface area contributed by atoms with Crippen molar-refractivity contribution in [2.24, 2.45) is 5.10 Å². The number of aromatic nitrogens is 1. The van der Waals surface area contributed by atoms with Gasteiger partial charge in [0, 0.05) is 34.2 Å². The summed E-state index contributed by atoms with van der Waals surface area (Å²) in [6.45, 7) is 0. The molecule has 4 aromatic carbocycles. The van der Waals surface area contributed by atoms with Gasteiger partial charge in [-0.05, 0) is 22.4 Å². The molecule has 0 aliphatic carbocycles. The maximum atomic E-state index is 13.1. The topological polar surface area (TPSA) is 100 Å². The van der Waals surface area contributed by atoms with Gasteiger partial charge in [-0.15, -0.1) is 0 Å². The highest BCUT2D eigenvalue weighted by Crippen LogP contribution is 2.34. The van der Waals surface area contributed by atoms with Gasteiger partial charge in [-0.3, -0.25) is 14.9 Å². The molecular formula is C26H18N4O3. The van der Waals surface area contributed by atoms with Crippen LogP contribution >= 0.6 is 0 Å². The summed E-state index contributed by atoms with van der Waals surface area (Å²) in [6, 6.07) is 27.6. The van der Waals surface area contributed by atoms with Crippen LogP contribution in [0.25, 0.3) is 32.8 Å². The van der Waals surface area contributed by atoms with Crippen molar-refractivity contribution in [1.29, 1.82) is 0 Å². The van der Waals surface area contributed by atoms with E-state index in [1.165, 1.54) is 12.1 Å². The Labute approximate surface area is 188 Å². The number of fused-ring (bicyclic) bond motifs is 2. The number of aromatic amines is 1. The first-order chi connectivity index (χ1) is 16.1. The Morgan fingerprint density at radius 3 is 2.48 bits per heavy atom. The first-order valence-electron chi connectivity index (χ1n) is 10.3. The van der Waals surface area contributed by atoms with Gasteiger partial charge in [0.1, 0.15) is 5.69 Å². The van der Waals surface area contributed by atoms with E-state index in [-0.39, 0.29) is 11.4 Å². The molecule has 0 saturated carbocycles. The predicted molar refractivity (Wildman–Crippen MR) is 129 cm³/mol. The quantitative estimate of drug-likeness (QED) is 0.212. The first kappa shape index (κ1) is 20.1. The van der Waals surface area contributed by atoms with Crippen molar-refractivity contribution in [3.8, 4) is 11.1 Å². The Morgan fingerprint density at radius 2 is 1.67 bits per heavy atom. The lowest BCUT2D eigenvalue weighted by molar-refractivity contribution is -0.384. The van der Waals surface area contributed by atoms with E-state index in [1.807, 2.05) is 72.8 Å². The maximum Gasteiger partial charge on any atom is 0.288 e. The third-order valence-electron chi connectivity index (χ3n) is 5.48. The van der Waals surface area contributed by atoms with Gasteiger partial charge >= 0.3 is 0 Å². The fourth-order valence-electron chi connectivity index (χ4n) is 3.95. The van der Waals surface area contributed by atoms with Gasteiger partial charge < -0.3 is 4.98 Å². The fraction of sp³-hybridized carbons (Fsp3) is 0. The Kier molecular flexibility index (Phi) is 5.12. The van der Waals surface area contributed by atoms with E-state index >= 15 is 0 Å². The number of H-pyrrole nitrogens is 1. The summed E-state index contributed by atoms with van der Waals surface area (Å²) >= 11 is 0. The number of non-ortho nitro benzene ring substituents is 1. The molecule has 1 heterocycles. The van der Waals surface area contributed by atoms with Crippen molar-refractivity contribution in [2.75, 3.05) is 0 Å². The molecule has 2 N–H and O–H groups in total. The van der Waals surface area contributed by atoms with Crippen LogP contribution in [0.3, 0.4) is 0 Å². The molecule has 0 unspecified atom stereocenters. The summed E-state index contributed by atoms with van der Waals surface area (Å²) in [4.78, 5) is 27.0. The summed E-state index contributed by atoms with van der Waals surface area (Å²) in [5, 5.41) is 18.2. The summed E-state index contributed by atoms with van der Waals surface area (Å²) < 4.78 is 0. The number of nitrogens with one attached hydrogen (secondary N) is 2. The second-order valence-electron chi connectivity index (χ2n) is 7.50. The minimum atomic E-state index is -0.449. The van der Waals surface area contributed by atoms with Gasteiger partial charge in [0.15, 0.2) is 0 Å². The van der Waals surface area contributed by atoms with Gasteiger partial charge in [-0.1, -0.05) is 72.8 Å². The van der Waals surface area contributed by atoms with E-state index in [0.29, 0.717) is 16.5 Å². The first-order valence-corrected chi connectivity index (χ1v) is 10.3. The monoisotopic (exact) mass is 434 g/mol. The molecule has 0 fully saturated rings. The highest BCUT2D eigenvalue weighted by Gasteiger charge is 2.21. The van der Waals surface area contributed by atoms with Crippen LogP contribution in [0.1, 0.15) is 16.1 Å². The number of hydrazone groups is 1. The smallest absolute Gasteiger partial charge is 0.288 e. The largest absolute Gasteiger partial charge is 0.350 e. The Hall–Kier alpha value is -4.78. The van der Waals surface area contributed by atoms with Gasteiger partial charge in [-0.2, -0.15) is 5.10 Å². The molecular weight excluding hydrogens is 416 g/mol. The molecule has 5 aromatic rings. The zero-order valence-corrected chi connectivity index (χ0v) is 17.4. The second kappa shape index (κ2) is 8.39. The summed E-state index contributed by atoms with van der Waals surface area (Å²) in [5.74, 6) is -0.441. The molecule has 7 nitrogen and oxygen atoms in total. The summed E-state index contributed by atoms with van der Waals surface area (Å²) in [6.07, 6.45) is 1.61. The number of nitro benzene ring substituents is 1. The number of amides is 1. The summed E-state index contributed by atoms with van der Waals surface area (Å²) in [5.41, 5.74) is 5.69. The second-order valence-corrected chi connectivity index (χ2v) is 7.50. The number of hydrogen-bond donors (Lipinski definition) is 2. The van der Waals surface area contributed by atoms with Crippen LogP contribution in [-0.2, 0) is 0 Å². The minimum absolute atomic E-state index is 0.0420. The minimum Gasteiger partial charge on any atom is -0.350 e. The standard InChI is InChI=1S/C26H18N4O3/c31-26(29-27-16-19-11-6-10-17-7-4-5-12-21(17)19)25-24(18-8-2-1-3-9-18)22-15-20(30(32)33)13-14-23(22)28-25/h1-16,28H,(H,29,31)/b27-16+. The molecule has 33 heavy (non-hydrogen) atoms. The molecule has 0 aliphatic heterocycles. The highest BCUT2D eigenvalue weighted by molar-refractivity contribution is 6.10. The number of benzene rings is 4. The third kappa shape index (κ3) is 3.83. The zero-order chi connectivity index (χ0) is 22.8. The lowest BCUT2D eigenvalue weighted by atomic mass is 10.0. The van der Waals surface area contributed by atoms with Crippen molar-refractivity contribution >= 4 is 39.5 Å². The van der Waals surface area contributed by atoms with Gasteiger partial charge in [0.25, 0.3) is 11.6 Å². The number of carbonyl (C=O) groups is 1. The highest BCUT2D eigenvalue weighted by atomic mass is 16.6. The molecule has 1 aromatic heterocycles. The Balaban J connectivity index is 1.53. The Bertz CT molecular complexity index is 1530. The lowest BCUT2D eigenvalue weighted by Crippen LogP contribution is -2.18. The zero-order valence-electron chi connectivity index (χ0n) is 17.4. The van der Waals surface area contributed by atoms with Crippen molar-refractivity contribution in [3.63, 3.8) is 0 Å². The SMILES string of the molecule is O=C(N/N=C/c1cccc2ccccc12)c1[nH]c2ccc([N+](=O)[O-])cc2c1-c1ccccc1. The van der Waals surface area contributed by atoms with Crippen molar-refractivity contribution in [2.45, 2.75) is 0 Å². The molecule has 1 amide bonds. The van der Waals surface area contributed by atoms with Gasteiger partial charge in [0.2, 0.25) is 0 Å².